The van der Waals surface area contributed by atoms with Crippen LogP contribution in [0.2, 0.25) is 0 Å². The average Bonchev–Trinajstić information content (AvgIpc) is 2.87. The van der Waals surface area contributed by atoms with Crippen molar-refractivity contribution in [2.75, 3.05) is 5.32 Å². The Hall–Kier alpha value is -2.32. The van der Waals surface area contributed by atoms with Crippen molar-refractivity contribution in [2.45, 2.75) is 55.3 Å². The summed E-state index contributed by atoms with van der Waals surface area (Å²) in [4.78, 5) is 12.7. The molecule has 2 fully saturated rings. The van der Waals surface area contributed by atoms with Crippen molar-refractivity contribution in [1.29, 1.82) is 0 Å². The summed E-state index contributed by atoms with van der Waals surface area (Å²) in [5, 5.41) is 12.5. The van der Waals surface area contributed by atoms with E-state index in [2.05, 4.69) is 5.32 Å². The van der Waals surface area contributed by atoms with Crippen LogP contribution in [0.25, 0.3) is 0 Å². The van der Waals surface area contributed by atoms with Crippen molar-refractivity contribution in [2.24, 2.45) is 11.8 Å². The van der Waals surface area contributed by atoms with Crippen molar-refractivity contribution in [3.05, 3.63) is 59.2 Å². The van der Waals surface area contributed by atoms with Gasteiger partial charge in [-0.15, -0.1) is 0 Å². The Balaban J connectivity index is 1.60. The van der Waals surface area contributed by atoms with E-state index in [0.29, 0.717) is 18.4 Å². The minimum Gasteiger partial charge on any atom is -0.390 e. The van der Waals surface area contributed by atoms with Crippen LogP contribution in [0.3, 0.4) is 0 Å². The molecule has 31 heavy (non-hydrogen) atoms. The maximum Gasteiger partial charge on any atom is 0.255 e. The lowest BCUT2D eigenvalue weighted by Crippen LogP contribution is -2.45. The molecule has 5 nitrogen and oxygen atoms in total. The molecule has 0 aliphatic heterocycles. The molecule has 2 aliphatic carbocycles. The molecular weight excluding hydrogens is 424 g/mol. The third kappa shape index (κ3) is 3.87. The molecule has 0 heterocycles. The summed E-state index contributed by atoms with van der Waals surface area (Å²) >= 11 is 0. The van der Waals surface area contributed by atoms with Crippen molar-refractivity contribution >= 4 is 21.4 Å². The summed E-state index contributed by atoms with van der Waals surface area (Å²) in [7, 11) is -3.71. The number of halogens is 2. The van der Waals surface area contributed by atoms with Gasteiger partial charge in [0.05, 0.1) is 15.7 Å². The lowest BCUT2D eigenvalue weighted by molar-refractivity contribution is -0.0413. The zero-order valence-corrected chi connectivity index (χ0v) is 18.2. The molecule has 2 saturated carbocycles. The first-order valence-electron chi connectivity index (χ1n) is 10.3. The molecule has 2 N–H and O–H groups in total. The number of carbonyl (C=O) groups excluding carboxylic acids is 1. The number of anilines is 1. The van der Waals surface area contributed by atoms with Crippen LogP contribution in [0, 0.1) is 30.4 Å². The number of benzene rings is 2. The number of hydrogen-bond donors (Lipinski definition) is 2. The molecule has 0 saturated heterocycles. The van der Waals surface area contributed by atoms with Gasteiger partial charge in [-0.1, -0.05) is 6.07 Å². The number of fused-ring (bicyclic) bond motifs is 2. The molecule has 4 rings (SSSR count). The van der Waals surface area contributed by atoms with Crippen LogP contribution in [0.1, 0.15) is 48.5 Å². The minimum absolute atomic E-state index is 0.0498. The maximum atomic E-state index is 13.4. The van der Waals surface area contributed by atoms with Crippen molar-refractivity contribution < 1.29 is 27.1 Å². The van der Waals surface area contributed by atoms with Crippen LogP contribution in [0.5, 0.6) is 0 Å². The van der Waals surface area contributed by atoms with Crippen molar-refractivity contribution in [3.63, 3.8) is 0 Å². The van der Waals surface area contributed by atoms with Gasteiger partial charge in [0, 0.05) is 17.3 Å². The number of amides is 1. The van der Waals surface area contributed by atoms with Gasteiger partial charge in [0.25, 0.3) is 5.91 Å². The van der Waals surface area contributed by atoms with E-state index in [4.69, 9.17) is 0 Å². The fourth-order valence-corrected chi connectivity index (χ4v) is 7.16. The van der Waals surface area contributed by atoms with Gasteiger partial charge >= 0.3 is 0 Å². The Morgan fingerprint density at radius 2 is 1.71 bits per heavy atom. The topological polar surface area (TPSA) is 83.5 Å². The second-order valence-electron chi connectivity index (χ2n) is 8.90. The molecule has 2 aliphatic rings. The fourth-order valence-electron chi connectivity index (χ4n) is 5.02. The number of aryl methyl sites for hydroxylation is 1. The Kier molecular flexibility index (Phi) is 5.42. The molecular formula is C23H25F2NO4S. The minimum atomic E-state index is -3.71. The van der Waals surface area contributed by atoms with E-state index < -0.39 is 38.2 Å². The first kappa shape index (κ1) is 21.9. The standard InChI is InChI=1S/C23H25F2NO4S/c1-13-3-4-14(22(27)26-17-7-8-19(24)20(25)12-17)9-21(13)31(29,30)18-10-15-5-6-16(11-18)23(15,2)28/h3-4,7-9,12,15-16,18,28H,5-6,10-11H2,1-2H3,(H,26,27)/t15-,16?,18-,23+/m1/s1. The smallest absolute Gasteiger partial charge is 0.255 e. The highest BCUT2D eigenvalue weighted by atomic mass is 32.2. The van der Waals surface area contributed by atoms with Crippen LogP contribution >= 0.6 is 0 Å². The number of aliphatic hydroxyl groups is 1. The second kappa shape index (κ2) is 7.67. The lowest BCUT2D eigenvalue weighted by Gasteiger charge is -2.40. The molecule has 0 aromatic heterocycles. The Morgan fingerprint density at radius 1 is 1.06 bits per heavy atom. The van der Waals surface area contributed by atoms with Gasteiger partial charge in [0.15, 0.2) is 21.5 Å². The normalized spacial score (nSPS) is 27.8. The van der Waals surface area contributed by atoms with E-state index in [1.54, 1.807) is 19.9 Å². The van der Waals surface area contributed by atoms with Crippen LogP contribution in [-0.4, -0.2) is 30.3 Å². The highest BCUT2D eigenvalue weighted by molar-refractivity contribution is 7.92. The maximum absolute atomic E-state index is 13.4. The third-order valence-electron chi connectivity index (χ3n) is 6.98. The molecule has 0 spiro atoms. The number of carbonyl (C=O) groups is 1. The number of hydrogen-bond acceptors (Lipinski definition) is 4. The zero-order valence-electron chi connectivity index (χ0n) is 17.4. The highest BCUT2D eigenvalue weighted by Gasteiger charge is 2.53. The molecule has 0 radical (unpaired) electrons. The van der Waals surface area contributed by atoms with E-state index in [0.717, 1.165) is 25.0 Å². The Bertz CT molecular complexity index is 1130. The van der Waals surface area contributed by atoms with Crippen LogP contribution in [-0.2, 0) is 9.84 Å². The van der Waals surface area contributed by atoms with E-state index in [1.807, 2.05) is 0 Å². The highest BCUT2D eigenvalue weighted by Crippen LogP contribution is 2.51. The predicted molar refractivity (Wildman–Crippen MR) is 113 cm³/mol. The summed E-state index contributed by atoms with van der Waals surface area (Å²) in [5.74, 6) is -2.83. The Labute approximate surface area is 180 Å². The van der Waals surface area contributed by atoms with Gasteiger partial charge in [-0.3, -0.25) is 4.79 Å². The Morgan fingerprint density at radius 3 is 2.32 bits per heavy atom. The average molecular weight is 450 g/mol. The van der Waals surface area contributed by atoms with Crippen LogP contribution < -0.4 is 5.32 Å². The van der Waals surface area contributed by atoms with Crippen LogP contribution in [0.15, 0.2) is 41.3 Å². The largest absolute Gasteiger partial charge is 0.390 e. The summed E-state index contributed by atoms with van der Waals surface area (Å²) in [6, 6.07) is 7.41. The van der Waals surface area contributed by atoms with Gasteiger partial charge in [0.2, 0.25) is 0 Å². The monoisotopic (exact) mass is 449 g/mol. The molecule has 2 bridgehead atoms. The first-order chi connectivity index (χ1) is 14.5. The predicted octanol–water partition coefficient (Wildman–Crippen LogP) is 4.24. The molecule has 1 amide bonds. The number of nitrogens with one attached hydrogen (secondary N) is 1. The van der Waals surface area contributed by atoms with E-state index >= 15 is 0 Å². The molecule has 1 unspecified atom stereocenters. The third-order valence-corrected chi connectivity index (χ3v) is 9.30. The van der Waals surface area contributed by atoms with Gasteiger partial charge in [-0.2, -0.15) is 0 Å². The van der Waals surface area contributed by atoms with Crippen molar-refractivity contribution in [1.82, 2.24) is 0 Å². The quantitative estimate of drug-likeness (QED) is 0.732. The van der Waals surface area contributed by atoms with E-state index in [-0.39, 0.29) is 28.0 Å². The molecule has 2 aromatic carbocycles. The molecule has 166 valence electrons. The SMILES string of the molecule is Cc1ccc(C(=O)Nc2ccc(F)c(F)c2)cc1S(=O)(=O)[C@H]1CC2CC[C@H](C1)[C@]2(C)O. The van der Waals surface area contributed by atoms with E-state index in [9.17, 15) is 27.1 Å². The van der Waals surface area contributed by atoms with Gasteiger partial charge in [0.1, 0.15) is 0 Å². The van der Waals surface area contributed by atoms with Gasteiger partial charge < -0.3 is 10.4 Å². The van der Waals surface area contributed by atoms with Crippen LogP contribution in [0.4, 0.5) is 14.5 Å². The first-order valence-corrected chi connectivity index (χ1v) is 11.9. The molecule has 8 heteroatoms. The number of sulfone groups is 1. The van der Waals surface area contributed by atoms with E-state index in [1.165, 1.54) is 18.2 Å². The van der Waals surface area contributed by atoms with Crippen molar-refractivity contribution in [3.8, 4) is 0 Å². The summed E-state index contributed by atoms with van der Waals surface area (Å²) in [6.07, 6.45) is 2.44. The summed E-state index contributed by atoms with van der Waals surface area (Å²) in [6.45, 7) is 3.48. The lowest BCUT2D eigenvalue weighted by atomic mass is 9.76. The van der Waals surface area contributed by atoms with Gasteiger partial charge in [-0.05, 0) is 81.2 Å². The zero-order chi connectivity index (χ0) is 22.6. The number of rotatable bonds is 4. The summed E-state index contributed by atoms with van der Waals surface area (Å²) in [5.41, 5.74) is -0.110. The molecule has 4 atom stereocenters. The fraction of sp³-hybridized carbons (Fsp3) is 0.435. The second-order valence-corrected chi connectivity index (χ2v) is 11.1. The van der Waals surface area contributed by atoms with Gasteiger partial charge in [-0.25, -0.2) is 17.2 Å². The summed E-state index contributed by atoms with van der Waals surface area (Å²) < 4.78 is 53.4. The molecule has 2 aromatic rings.